The van der Waals surface area contributed by atoms with E-state index in [2.05, 4.69) is 32.0 Å². The van der Waals surface area contributed by atoms with E-state index in [1.165, 1.54) is 0 Å². The molecule has 0 fully saturated rings. The SMILES string of the molecule is O=C(O)CN(C[Se])C[Se]. The molecule has 0 atom stereocenters. The third-order valence-corrected chi connectivity index (χ3v) is 2.26. The Hall–Kier alpha value is 0.469. The first-order chi connectivity index (χ1) is 4.20. The van der Waals surface area contributed by atoms with Gasteiger partial charge in [-0.15, -0.1) is 0 Å². The molecule has 0 rings (SSSR count). The van der Waals surface area contributed by atoms with Crippen molar-refractivity contribution in [3.8, 4) is 0 Å². The molecule has 0 saturated heterocycles. The van der Waals surface area contributed by atoms with Crippen molar-refractivity contribution in [2.75, 3.05) is 17.4 Å². The summed E-state index contributed by atoms with van der Waals surface area (Å²) in [7, 11) is 0. The van der Waals surface area contributed by atoms with E-state index in [9.17, 15) is 4.79 Å². The summed E-state index contributed by atoms with van der Waals surface area (Å²) in [5, 5.41) is 8.28. The second-order valence-electron chi connectivity index (χ2n) is 1.48. The van der Waals surface area contributed by atoms with E-state index in [0.29, 0.717) is 10.9 Å². The topological polar surface area (TPSA) is 40.5 Å². The van der Waals surface area contributed by atoms with Crippen LogP contribution in [0.15, 0.2) is 0 Å². The molecule has 0 unspecified atom stereocenters. The van der Waals surface area contributed by atoms with Crippen molar-refractivity contribution in [2.45, 2.75) is 0 Å². The zero-order chi connectivity index (χ0) is 7.28. The molecule has 0 spiro atoms. The van der Waals surface area contributed by atoms with E-state index < -0.39 is 5.97 Å². The van der Waals surface area contributed by atoms with Crippen LogP contribution in [0.4, 0.5) is 0 Å². The zero-order valence-corrected chi connectivity index (χ0v) is 8.17. The molecular weight excluding hydrogens is 252 g/mol. The summed E-state index contributed by atoms with van der Waals surface area (Å²) in [6.07, 6.45) is 0. The maximum absolute atomic E-state index is 10.1. The molecule has 0 aromatic rings. The first kappa shape index (κ1) is 9.47. The Kier molecular flexibility index (Phi) is 5.54. The van der Waals surface area contributed by atoms with Gasteiger partial charge in [-0.25, -0.2) is 0 Å². The van der Waals surface area contributed by atoms with Crippen molar-refractivity contribution >= 4 is 38.0 Å². The van der Waals surface area contributed by atoms with Crippen LogP contribution in [0.1, 0.15) is 0 Å². The molecule has 5 heteroatoms. The zero-order valence-electron chi connectivity index (χ0n) is 4.74. The predicted octanol–water partition coefficient (Wildman–Crippen LogP) is -1.37. The molecule has 2 radical (unpaired) electrons. The van der Waals surface area contributed by atoms with Crippen molar-refractivity contribution in [2.24, 2.45) is 0 Å². The summed E-state index contributed by atoms with van der Waals surface area (Å²) in [6, 6.07) is 0. The number of hydrogen-bond donors (Lipinski definition) is 1. The quantitative estimate of drug-likeness (QED) is 0.633. The van der Waals surface area contributed by atoms with Crippen LogP contribution in [0.5, 0.6) is 0 Å². The van der Waals surface area contributed by atoms with Crippen LogP contribution >= 0.6 is 0 Å². The van der Waals surface area contributed by atoms with Crippen LogP contribution in [0.2, 0.25) is 0 Å². The number of aliphatic carboxylic acids is 1. The Morgan fingerprint density at radius 1 is 1.44 bits per heavy atom. The standard InChI is InChI=1S/C4H7NO2Se2/c6-4(7)1-5(2-8)3-9/h1-3H2,(H,6,7). The van der Waals surface area contributed by atoms with E-state index in [-0.39, 0.29) is 6.54 Å². The van der Waals surface area contributed by atoms with Crippen LogP contribution < -0.4 is 0 Å². The fourth-order valence-electron chi connectivity index (χ4n) is 0.320. The van der Waals surface area contributed by atoms with Gasteiger partial charge in [0, 0.05) is 0 Å². The molecule has 0 amide bonds. The third kappa shape index (κ3) is 4.94. The van der Waals surface area contributed by atoms with E-state index in [4.69, 9.17) is 5.11 Å². The molecule has 0 saturated carbocycles. The van der Waals surface area contributed by atoms with Gasteiger partial charge in [-0.05, 0) is 0 Å². The summed E-state index contributed by atoms with van der Waals surface area (Å²) < 4.78 is 0. The van der Waals surface area contributed by atoms with Crippen molar-refractivity contribution in [1.29, 1.82) is 0 Å². The van der Waals surface area contributed by atoms with Crippen LogP contribution in [-0.2, 0) is 4.79 Å². The summed E-state index contributed by atoms with van der Waals surface area (Å²) in [6.45, 7) is 0.0972. The number of carboxylic acids is 1. The second kappa shape index (κ2) is 5.27. The average Bonchev–Trinajstić information content (AvgIpc) is 1.82. The van der Waals surface area contributed by atoms with Gasteiger partial charge in [0.25, 0.3) is 0 Å². The van der Waals surface area contributed by atoms with Gasteiger partial charge < -0.3 is 0 Å². The molecule has 52 valence electrons. The van der Waals surface area contributed by atoms with Gasteiger partial charge >= 0.3 is 70.2 Å². The molecule has 9 heavy (non-hydrogen) atoms. The molecule has 0 aromatic heterocycles. The van der Waals surface area contributed by atoms with E-state index in [1.54, 1.807) is 4.90 Å². The molecule has 1 N–H and O–H groups in total. The van der Waals surface area contributed by atoms with E-state index >= 15 is 0 Å². The monoisotopic (exact) mass is 261 g/mol. The molecular formula is C4H7NO2Se2. The first-order valence-corrected chi connectivity index (χ1v) is 4.73. The van der Waals surface area contributed by atoms with Crippen molar-refractivity contribution in [3.05, 3.63) is 0 Å². The van der Waals surface area contributed by atoms with E-state index in [1.807, 2.05) is 0 Å². The fourth-order valence-corrected chi connectivity index (χ4v) is 1.67. The Balaban J connectivity index is 3.43. The first-order valence-electron chi connectivity index (χ1n) is 2.31. The Labute approximate surface area is 70.4 Å². The minimum atomic E-state index is -0.791. The van der Waals surface area contributed by atoms with Crippen LogP contribution in [-0.4, -0.2) is 65.4 Å². The molecule has 3 nitrogen and oxygen atoms in total. The van der Waals surface area contributed by atoms with Crippen LogP contribution in [0.25, 0.3) is 0 Å². The maximum atomic E-state index is 10.1. The summed E-state index contributed by atoms with van der Waals surface area (Å²) >= 11 is 5.48. The molecule has 0 aliphatic rings. The number of carbonyl (C=O) groups is 1. The fraction of sp³-hybridized carbons (Fsp3) is 0.750. The number of nitrogens with zero attached hydrogens (tertiary/aromatic N) is 1. The Bertz CT molecular complexity index is 94.6. The summed E-state index contributed by atoms with van der Waals surface area (Å²) in [5.74, 6) is -0.791. The summed E-state index contributed by atoms with van der Waals surface area (Å²) in [4.78, 5) is 11.8. The van der Waals surface area contributed by atoms with Crippen LogP contribution in [0.3, 0.4) is 0 Å². The van der Waals surface area contributed by atoms with Crippen molar-refractivity contribution < 1.29 is 9.90 Å². The molecule has 0 aliphatic heterocycles. The van der Waals surface area contributed by atoms with Gasteiger partial charge in [-0.2, -0.15) is 0 Å². The normalized spacial score (nSPS) is 10.1. The molecule has 0 bridgehead atoms. The van der Waals surface area contributed by atoms with Gasteiger partial charge in [-0.3, -0.25) is 0 Å². The molecule has 0 aromatic carbocycles. The van der Waals surface area contributed by atoms with Crippen molar-refractivity contribution in [3.63, 3.8) is 0 Å². The van der Waals surface area contributed by atoms with E-state index in [0.717, 1.165) is 0 Å². The molecule has 0 aliphatic carbocycles. The number of hydrogen-bond acceptors (Lipinski definition) is 2. The average molecular weight is 259 g/mol. The Morgan fingerprint density at radius 3 is 2.00 bits per heavy atom. The second-order valence-corrected chi connectivity index (χ2v) is 2.56. The Morgan fingerprint density at radius 2 is 1.89 bits per heavy atom. The predicted molar refractivity (Wildman–Crippen MR) is 35.6 cm³/mol. The number of rotatable bonds is 4. The van der Waals surface area contributed by atoms with Gasteiger partial charge in [0.2, 0.25) is 0 Å². The third-order valence-electron chi connectivity index (χ3n) is 0.724. The van der Waals surface area contributed by atoms with Gasteiger partial charge in [0.05, 0.1) is 0 Å². The minimum absolute atomic E-state index is 0.0972. The van der Waals surface area contributed by atoms with Crippen LogP contribution in [0, 0.1) is 0 Å². The van der Waals surface area contributed by atoms with Gasteiger partial charge in [0.1, 0.15) is 0 Å². The summed E-state index contributed by atoms with van der Waals surface area (Å²) in [5.41, 5.74) is 1.30. The number of carboxylic acid groups (broad SMARTS) is 1. The van der Waals surface area contributed by atoms with Crippen molar-refractivity contribution in [1.82, 2.24) is 4.90 Å². The molecule has 0 heterocycles. The van der Waals surface area contributed by atoms with Gasteiger partial charge in [-0.1, -0.05) is 0 Å². The van der Waals surface area contributed by atoms with Gasteiger partial charge in [0.15, 0.2) is 0 Å².